The molecule has 0 amide bonds. The van der Waals surface area contributed by atoms with E-state index in [1.807, 2.05) is 13.8 Å². The maximum absolute atomic E-state index is 12.9. The van der Waals surface area contributed by atoms with Gasteiger partial charge in [-0.1, -0.05) is 65.2 Å². The van der Waals surface area contributed by atoms with Crippen molar-refractivity contribution in [1.82, 2.24) is 0 Å². The third-order valence-electron chi connectivity index (χ3n) is 6.91. The topological polar surface area (TPSA) is 303 Å². The van der Waals surface area contributed by atoms with E-state index in [0.717, 1.165) is 51.4 Å². The van der Waals surface area contributed by atoms with Gasteiger partial charge >= 0.3 is 35.4 Å². The van der Waals surface area contributed by atoms with E-state index in [4.69, 9.17) is 38.1 Å². The average Bonchev–Trinajstić information content (AvgIpc) is 2.96. The van der Waals surface area contributed by atoms with Gasteiger partial charge in [-0.15, -0.1) is 0 Å². The zero-order valence-corrected chi connectivity index (χ0v) is 29.0. The average molecular weight is 747 g/mol. The lowest BCUT2D eigenvalue weighted by molar-refractivity contribution is -0.213. The van der Waals surface area contributed by atoms with E-state index in [0.29, 0.717) is 12.8 Å². The molecule has 0 radical (unpaired) electrons. The Kier molecular flexibility index (Phi) is 20.1. The first-order valence-corrected chi connectivity index (χ1v) is 19.9. The summed E-state index contributed by atoms with van der Waals surface area (Å²) < 4.78 is 64.2. The summed E-state index contributed by atoms with van der Waals surface area (Å²) in [5.41, 5.74) is 0. The number of hydrogen-bond donors (Lipinski definition) is 8. The maximum atomic E-state index is 12.9. The van der Waals surface area contributed by atoms with E-state index in [1.54, 1.807) is 0 Å². The van der Waals surface area contributed by atoms with E-state index in [2.05, 4.69) is 9.05 Å². The van der Waals surface area contributed by atoms with Crippen molar-refractivity contribution in [1.29, 1.82) is 0 Å². The fourth-order valence-electron chi connectivity index (χ4n) is 4.58. The number of phosphoric acid groups is 3. The summed E-state index contributed by atoms with van der Waals surface area (Å²) in [5.74, 6) is -1.34. The molecule has 1 saturated carbocycles. The molecule has 19 nitrogen and oxygen atoms in total. The van der Waals surface area contributed by atoms with Crippen molar-refractivity contribution >= 4 is 35.4 Å². The van der Waals surface area contributed by atoms with Crippen LogP contribution >= 0.6 is 23.5 Å². The number of esters is 2. The van der Waals surface area contributed by atoms with Gasteiger partial charge in [-0.05, 0) is 12.8 Å². The fourth-order valence-corrected chi connectivity index (χ4v) is 6.69. The third-order valence-corrected chi connectivity index (χ3v) is 8.93. The number of phosphoric ester groups is 3. The molecule has 6 atom stereocenters. The maximum Gasteiger partial charge on any atom is 0.472 e. The Balaban J connectivity index is 3.01. The second kappa shape index (κ2) is 21.4. The Labute approximate surface area is 272 Å². The lowest BCUT2D eigenvalue weighted by atomic mass is 9.85. The molecule has 0 spiro atoms. The summed E-state index contributed by atoms with van der Waals surface area (Å²) in [5, 5.41) is 31.4. The minimum atomic E-state index is -5.53. The SMILES string of the molecule is CCCCCCCC(=O)OCC(COP(=O)(O)OC1C(O)C(OP(=O)(O)O)C(O)C(OP(=O)(O)O)C1O)OC(=O)CCCCCCC. The van der Waals surface area contributed by atoms with Crippen LogP contribution in [0, 0.1) is 0 Å². The lowest BCUT2D eigenvalue weighted by Crippen LogP contribution is -2.65. The lowest BCUT2D eigenvalue weighted by Gasteiger charge is -2.44. The highest BCUT2D eigenvalue weighted by Crippen LogP contribution is 2.51. The molecule has 47 heavy (non-hydrogen) atoms. The molecular formula is C25H49O19P3. The molecular weight excluding hydrogens is 697 g/mol. The van der Waals surface area contributed by atoms with Crippen molar-refractivity contribution in [3.8, 4) is 0 Å². The van der Waals surface area contributed by atoms with Crippen LogP contribution in [0.3, 0.4) is 0 Å². The number of carbonyl (C=O) groups is 2. The van der Waals surface area contributed by atoms with E-state index in [9.17, 15) is 43.5 Å². The summed E-state index contributed by atoms with van der Waals surface area (Å²) in [6.07, 6.45) is -7.85. The minimum absolute atomic E-state index is 0.0103. The van der Waals surface area contributed by atoms with E-state index >= 15 is 0 Å². The number of hydrogen-bond acceptors (Lipinski definition) is 14. The Bertz CT molecular complexity index is 1040. The number of unbranched alkanes of at least 4 members (excludes halogenated alkanes) is 8. The standard InChI is InChI=1S/C25H49O19P3/c1-3-5-7-9-11-13-18(26)39-15-17(41-19(27)14-12-10-8-6-4-2)16-40-47(37,38)44-25-21(29)23(42-45(31,32)33)20(28)24(22(25)30)43-46(34,35)36/h17,20-25,28-30H,3-16H2,1-2H3,(H,37,38)(H2,31,32,33)(H2,34,35,36). The molecule has 0 aliphatic heterocycles. The van der Waals surface area contributed by atoms with Crippen LogP contribution in [0.15, 0.2) is 0 Å². The van der Waals surface area contributed by atoms with Crippen LogP contribution in [-0.2, 0) is 50.9 Å². The fraction of sp³-hybridized carbons (Fsp3) is 0.920. The van der Waals surface area contributed by atoms with Crippen LogP contribution < -0.4 is 0 Å². The highest BCUT2D eigenvalue weighted by molar-refractivity contribution is 7.47. The summed E-state index contributed by atoms with van der Waals surface area (Å²) in [4.78, 5) is 71.6. The van der Waals surface area contributed by atoms with Gasteiger partial charge in [0.15, 0.2) is 6.10 Å². The molecule has 8 N–H and O–H groups in total. The third kappa shape index (κ3) is 18.6. The monoisotopic (exact) mass is 746 g/mol. The van der Waals surface area contributed by atoms with Crippen molar-refractivity contribution in [3.63, 3.8) is 0 Å². The second-order valence-corrected chi connectivity index (χ2v) is 14.8. The number of carbonyl (C=O) groups excluding carboxylic acids is 2. The first kappa shape index (κ1) is 44.2. The molecule has 0 aromatic carbocycles. The van der Waals surface area contributed by atoms with Gasteiger partial charge in [0.2, 0.25) is 0 Å². The summed E-state index contributed by atoms with van der Waals surface area (Å²) in [7, 11) is -16.5. The smallest absolute Gasteiger partial charge is 0.462 e. The van der Waals surface area contributed by atoms with Gasteiger partial charge in [-0.25, -0.2) is 13.7 Å². The van der Waals surface area contributed by atoms with Crippen LogP contribution in [-0.4, -0.2) is 108 Å². The molecule has 0 saturated heterocycles. The highest BCUT2D eigenvalue weighted by atomic mass is 31.2. The molecule has 278 valence electrons. The molecule has 1 fully saturated rings. The van der Waals surface area contributed by atoms with Gasteiger partial charge in [-0.2, -0.15) is 0 Å². The van der Waals surface area contributed by atoms with Crippen molar-refractivity contribution in [2.24, 2.45) is 0 Å². The zero-order chi connectivity index (χ0) is 35.8. The van der Waals surface area contributed by atoms with E-state index in [1.165, 1.54) is 0 Å². The minimum Gasteiger partial charge on any atom is -0.462 e. The quantitative estimate of drug-likeness (QED) is 0.0396. The van der Waals surface area contributed by atoms with Gasteiger partial charge in [0.25, 0.3) is 0 Å². The largest absolute Gasteiger partial charge is 0.472 e. The summed E-state index contributed by atoms with van der Waals surface area (Å²) in [6.45, 7) is 2.56. The first-order chi connectivity index (χ1) is 21.8. The number of aliphatic hydroxyl groups is 3. The molecule has 22 heteroatoms. The number of aliphatic hydroxyl groups excluding tert-OH is 3. The predicted molar refractivity (Wildman–Crippen MR) is 160 cm³/mol. The Morgan fingerprint density at radius 2 is 1.00 bits per heavy atom. The van der Waals surface area contributed by atoms with Crippen LogP contribution in [0.2, 0.25) is 0 Å². The molecule has 1 aliphatic rings. The van der Waals surface area contributed by atoms with Crippen molar-refractivity contribution in [3.05, 3.63) is 0 Å². The van der Waals surface area contributed by atoms with Gasteiger partial charge in [0.05, 0.1) is 6.61 Å². The van der Waals surface area contributed by atoms with Gasteiger partial charge in [0.1, 0.15) is 43.2 Å². The molecule has 1 aliphatic carbocycles. The number of ether oxygens (including phenoxy) is 2. The highest BCUT2D eigenvalue weighted by Gasteiger charge is 2.56. The van der Waals surface area contributed by atoms with Crippen LogP contribution in [0.5, 0.6) is 0 Å². The van der Waals surface area contributed by atoms with Crippen LogP contribution in [0.4, 0.5) is 0 Å². The molecule has 0 heterocycles. The molecule has 0 bridgehead atoms. The molecule has 6 unspecified atom stereocenters. The molecule has 1 rings (SSSR count). The second-order valence-electron chi connectivity index (χ2n) is 11.1. The Hall–Kier alpha value is -0.850. The summed E-state index contributed by atoms with van der Waals surface area (Å²) in [6, 6.07) is 0. The van der Waals surface area contributed by atoms with Gasteiger partial charge < -0.3 is 49.3 Å². The predicted octanol–water partition coefficient (Wildman–Crippen LogP) is 1.72. The van der Waals surface area contributed by atoms with Crippen molar-refractivity contribution in [2.45, 2.75) is 134 Å². The zero-order valence-electron chi connectivity index (χ0n) is 26.4. The normalized spacial score (nSPS) is 25.6. The molecule has 0 aromatic rings. The Morgan fingerprint density at radius 1 is 0.596 bits per heavy atom. The van der Waals surface area contributed by atoms with Crippen molar-refractivity contribution in [2.75, 3.05) is 13.2 Å². The molecule has 0 aromatic heterocycles. The Morgan fingerprint density at radius 3 is 1.43 bits per heavy atom. The van der Waals surface area contributed by atoms with E-state index < -0.39 is 91.3 Å². The van der Waals surface area contributed by atoms with Crippen molar-refractivity contribution < 1.29 is 90.6 Å². The van der Waals surface area contributed by atoms with Crippen LogP contribution in [0.25, 0.3) is 0 Å². The first-order valence-electron chi connectivity index (χ1n) is 15.3. The van der Waals surface area contributed by atoms with E-state index in [-0.39, 0.29) is 12.8 Å². The van der Waals surface area contributed by atoms with Crippen LogP contribution in [0.1, 0.15) is 90.9 Å². The number of rotatable bonds is 24. The van der Waals surface area contributed by atoms with Gasteiger partial charge in [0, 0.05) is 12.8 Å². The summed E-state index contributed by atoms with van der Waals surface area (Å²) >= 11 is 0. The van der Waals surface area contributed by atoms with Gasteiger partial charge in [-0.3, -0.25) is 27.7 Å².